The molecule has 2 rings (SSSR count). The lowest BCUT2D eigenvalue weighted by Gasteiger charge is -2.22. The topological polar surface area (TPSA) is 58.6 Å². The Morgan fingerprint density at radius 3 is 2.44 bits per heavy atom. The number of hydrogen-bond acceptors (Lipinski definition) is 3. The highest BCUT2D eigenvalue weighted by atomic mass is 16.5. The van der Waals surface area contributed by atoms with Crippen LogP contribution in [-0.4, -0.2) is 36.9 Å². The van der Waals surface area contributed by atoms with Crippen LogP contribution >= 0.6 is 0 Å². The highest BCUT2D eigenvalue weighted by Crippen LogP contribution is 2.19. The Labute approximate surface area is 148 Å². The largest absolute Gasteiger partial charge is 0.496 e. The van der Waals surface area contributed by atoms with Gasteiger partial charge < -0.3 is 15.0 Å². The maximum absolute atomic E-state index is 12.2. The number of nitrogens with one attached hydrogen (secondary N) is 1. The lowest BCUT2D eigenvalue weighted by Crippen LogP contribution is -2.37. The second kappa shape index (κ2) is 8.87. The Morgan fingerprint density at radius 1 is 1.08 bits per heavy atom. The fourth-order valence-electron chi connectivity index (χ4n) is 2.61. The fourth-order valence-corrected chi connectivity index (χ4v) is 2.61. The predicted octanol–water partition coefficient (Wildman–Crippen LogP) is 2.78. The van der Waals surface area contributed by atoms with Crippen molar-refractivity contribution in [2.24, 2.45) is 0 Å². The molecule has 1 N–H and O–H groups in total. The lowest BCUT2D eigenvalue weighted by atomic mass is 10.1. The molecule has 5 heteroatoms. The Morgan fingerprint density at radius 2 is 1.76 bits per heavy atom. The Balaban J connectivity index is 1.95. The van der Waals surface area contributed by atoms with Gasteiger partial charge in [0, 0.05) is 37.7 Å². The van der Waals surface area contributed by atoms with Crippen molar-refractivity contribution in [2.75, 3.05) is 20.2 Å². The van der Waals surface area contributed by atoms with Gasteiger partial charge in [-0.05, 0) is 24.6 Å². The number of carbonyl (C=O) groups is 2. The van der Waals surface area contributed by atoms with Crippen LogP contribution in [0.4, 0.5) is 0 Å². The predicted molar refractivity (Wildman–Crippen MR) is 97.6 cm³/mol. The molecule has 0 aromatic heterocycles. The molecular formula is C20H24N2O3. The average Bonchev–Trinajstić information content (AvgIpc) is 2.61. The van der Waals surface area contributed by atoms with Crippen molar-refractivity contribution < 1.29 is 14.3 Å². The van der Waals surface area contributed by atoms with E-state index in [0.29, 0.717) is 25.2 Å². The van der Waals surface area contributed by atoms with Gasteiger partial charge in [0.1, 0.15) is 5.75 Å². The minimum Gasteiger partial charge on any atom is -0.496 e. The second-order valence-corrected chi connectivity index (χ2v) is 5.82. The number of para-hydroxylation sites is 1. The van der Waals surface area contributed by atoms with Crippen LogP contribution in [0.25, 0.3) is 0 Å². The van der Waals surface area contributed by atoms with Crippen molar-refractivity contribution >= 4 is 11.8 Å². The monoisotopic (exact) mass is 340 g/mol. The summed E-state index contributed by atoms with van der Waals surface area (Å²) in [5.74, 6) is 0.577. The molecule has 0 aliphatic carbocycles. The van der Waals surface area contributed by atoms with Crippen LogP contribution in [0.3, 0.4) is 0 Å². The molecule has 0 radical (unpaired) electrons. The van der Waals surface area contributed by atoms with Crippen molar-refractivity contribution in [2.45, 2.75) is 20.4 Å². The summed E-state index contributed by atoms with van der Waals surface area (Å²) in [7, 11) is 1.61. The number of carbonyl (C=O) groups excluding carboxylic acids is 2. The molecule has 0 spiro atoms. The van der Waals surface area contributed by atoms with Crippen LogP contribution in [0.5, 0.6) is 5.75 Å². The summed E-state index contributed by atoms with van der Waals surface area (Å²) in [6, 6.07) is 15.0. The summed E-state index contributed by atoms with van der Waals surface area (Å²) in [5.41, 5.74) is 2.52. The van der Waals surface area contributed by atoms with E-state index < -0.39 is 0 Å². The van der Waals surface area contributed by atoms with Crippen molar-refractivity contribution in [1.29, 1.82) is 0 Å². The Bertz CT molecular complexity index is 743. The summed E-state index contributed by atoms with van der Waals surface area (Å²) >= 11 is 0. The molecule has 0 saturated carbocycles. The van der Waals surface area contributed by atoms with E-state index in [9.17, 15) is 9.59 Å². The molecule has 2 aromatic carbocycles. The zero-order valence-corrected chi connectivity index (χ0v) is 14.9. The molecule has 0 fully saturated rings. The molecule has 0 heterocycles. The first-order valence-corrected chi connectivity index (χ1v) is 8.24. The second-order valence-electron chi connectivity index (χ2n) is 5.82. The first-order valence-electron chi connectivity index (χ1n) is 8.24. The quantitative estimate of drug-likeness (QED) is 0.843. The SMILES string of the molecule is COc1ccccc1CN(CCNC(=O)c1ccccc1C)C(C)=O. The van der Waals surface area contributed by atoms with E-state index in [0.717, 1.165) is 16.9 Å². The van der Waals surface area contributed by atoms with Gasteiger partial charge in [-0.2, -0.15) is 0 Å². The molecule has 5 nitrogen and oxygen atoms in total. The molecule has 25 heavy (non-hydrogen) atoms. The zero-order chi connectivity index (χ0) is 18.2. The van der Waals surface area contributed by atoms with Gasteiger partial charge in [0.2, 0.25) is 5.91 Å². The molecule has 0 atom stereocenters. The van der Waals surface area contributed by atoms with Gasteiger partial charge in [-0.25, -0.2) is 0 Å². The van der Waals surface area contributed by atoms with E-state index in [2.05, 4.69) is 5.32 Å². The summed E-state index contributed by atoms with van der Waals surface area (Å²) in [5, 5.41) is 2.88. The lowest BCUT2D eigenvalue weighted by molar-refractivity contribution is -0.129. The van der Waals surface area contributed by atoms with E-state index in [1.54, 1.807) is 18.1 Å². The molecule has 2 amide bonds. The average molecular weight is 340 g/mol. The highest BCUT2D eigenvalue weighted by molar-refractivity contribution is 5.95. The number of amides is 2. The molecular weight excluding hydrogens is 316 g/mol. The third-order valence-corrected chi connectivity index (χ3v) is 4.06. The smallest absolute Gasteiger partial charge is 0.251 e. The molecule has 2 aromatic rings. The van der Waals surface area contributed by atoms with Crippen molar-refractivity contribution in [1.82, 2.24) is 10.2 Å². The Hall–Kier alpha value is -2.82. The summed E-state index contributed by atoms with van der Waals surface area (Å²) in [4.78, 5) is 25.9. The minimum atomic E-state index is -0.126. The number of rotatable bonds is 7. The third-order valence-electron chi connectivity index (χ3n) is 4.06. The zero-order valence-electron chi connectivity index (χ0n) is 14.9. The van der Waals surface area contributed by atoms with Crippen LogP contribution in [-0.2, 0) is 11.3 Å². The third kappa shape index (κ3) is 5.08. The molecule has 0 aliphatic heterocycles. The van der Waals surface area contributed by atoms with E-state index in [1.165, 1.54) is 6.92 Å². The molecule has 0 aliphatic rings. The summed E-state index contributed by atoms with van der Waals surface area (Å²) in [6.07, 6.45) is 0. The van der Waals surface area contributed by atoms with Gasteiger partial charge in [-0.15, -0.1) is 0 Å². The first-order chi connectivity index (χ1) is 12.0. The van der Waals surface area contributed by atoms with Crippen LogP contribution < -0.4 is 10.1 Å². The standard InChI is InChI=1S/C20H24N2O3/c1-15-8-4-6-10-18(15)20(24)21-12-13-22(16(2)23)14-17-9-5-7-11-19(17)25-3/h4-11H,12-14H2,1-3H3,(H,21,24). The van der Waals surface area contributed by atoms with Crippen LogP contribution in [0.1, 0.15) is 28.4 Å². The van der Waals surface area contributed by atoms with Gasteiger partial charge in [0.05, 0.1) is 7.11 Å². The summed E-state index contributed by atoms with van der Waals surface area (Å²) < 4.78 is 5.33. The maximum atomic E-state index is 12.2. The molecule has 0 unspecified atom stereocenters. The van der Waals surface area contributed by atoms with E-state index in [4.69, 9.17) is 4.74 Å². The van der Waals surface area contributed by atoms with E-state index in [1.807, 2.05) is 49.4 Å². The molecule has 0 bridgehead atoms. The Kier molecular flexibility index (Phi) is 6.57. The number of benzene rings is 2. The molecule has 132 valence electrons. The van der Waals surface area contributed by atoms with Crippen LogP contribution in [0, 0.1) is 6.92 Å². The van der Waals surface area contributed by atoms with Gasteiger partial charge in [-0.1, -0.05) is 36.4 Å². The highest BCUT2D eigenvalue weighted by Gasteiger charge is 2.13. The van der Waals surface area contributed by atoms with Crippen molar-refractivity contribution in [3.63, 3.8) is 0 Å². The minimum absolute atomic E-state index is 0.0453. The van der Waals surface area contributed by atoms with Gasteiger partial charge in [-0.3, -0.25) is 9.59 Å². The number of aryl methyl sites for hydroxylation is 1. The summed E-state index contributed by atoms with van der Waals surface area (Å²) in [6.45, 7) is 4.70. The number of methoxy groups -OCH3 is 1. The van der Waals surface area contributed by atoms with Crippen molar-refractivity contribution in [3.05, 3.63) is 65.2 Å². The van der Waals surface area contributed by atoms with Crippen LogP contribution in [0.15, 0.2) is 48.5 Å². The van der Waals surface area contributed by atoms with E-state index >= 15 is 0 Å². The normalized spacial score (nSPS) is 10.2. The van der Waals surface area contributed by atoms with Gasteiger partial charge >= 0.3 is 0 Å². The molecule has 0 saturated heterocycles. The fraction of sp³-hybridized carbons (Fsp3) is 0.300. The first kappa shape index (κ1) is 18.5. The number of ether oxygens (including phenoxy) is 1. The maximum Gasteiger partial charge on any atom is 0.251 e. The van der Waals surface area contributed by atoms with E-state index in [-0.39, 0.29) is 11.8 Å². The van der Waals surface area contributed by atoms with Crippen LogP contribution in [0.2, 0.25) is 0 Å². The van der Waals surface area contributed by atoms with Gasteiger partial charge in [0.15, 0.2) is 0 Å². The number of hydrogen-bond donors (Lipinski definition) is 1. The van der Waals surface area contributed by atoms with Gasteiger partial charge in [0.25, 0.3) is 5.91 Å². The number of nitrogens with zero attached hydrogens (tertiary/aromatic N) is 1. The van der Waals surface area contributed by atoms with Crippen molar-refractivity contribution in [3.8, 4) is 5.75 Å².